The van der Waals surface area contributed by atoms with Crippen LogP contribution in [0.3, 0.4) is 0 Å². The summed E-state index contributed by atoms with van der Waals surface area (Å²) in [7, 11) is 0. The third-order valence-corrected chi connectivity index (χ3v) is 7.07. The molecule has 1 unspecified atom stereocenters. The minimum Gasteiger partial charge on any atom is -0.508 e. The van der Waals surface area contributed by atoms with Gasteiger partial charge in [0.2, 0.25) is 5.78 Å². The predicted octanol–water partition coefficient (Wildman–Crippen LogP) is 5.89. The summed E-state index contributed by atoms with van der Waals surface area (Å²) in [4.78, 5) is 32.8. The number of aromatic hydroxyl groups is 1. The maximum atomic E-state index is 14.1. The van der Waals surface area contributed by atoms with E-state index in [-0.39, 0.29) is 21.9 Å². The summed E-state index contributed by atoms with van der Waals surface area (Å²) in [5.74, 6) is -4.68. The van der Waals surface area contributed by atoms with Crippen LogP contribution in [0.25, 0.3) is 10.6 Å². The van der Waals surface area contributed by atoms with Gasteiger partial charge in [0.05, 0.1) is 22.2 Å². The molecule has 9 heteroatoms. The number of aliphatic hydroxyl groups excluding tert-OH is 1. The molecule has 1 aromatic heterocycles. The number of hydrogen-bond acceptors (Lipinski definition) is 6. The standard InChI is InChI=1S/C27H18F2N2O4S/c1-14-25(36-26(30-14)16-5-3-2-4-6-16)23(33)21-22(15-7-10-18(32)11-8-15)31(27(35)24(21)34)17-9-12-19(28)20(29)13-17/h2-13,22,32,34H,1H3. The van der Waals surface area contributed by atoms with Gasteiger partial charge in [0.25, 0.3) is 5.91 Å². The molecule has 1 atom stereocenters. The van der Waals surface area contributed by atoms with E-state index in [1.807, 2.05) is 30.3 Å². The van der Waals surface area contributed by atoms with Crippen molar-refractivity contribution in [1.82, 2.24) is 4.98 Å². The predicted molar refractivity (Wildman–Crippen MR) is 131 cm³/mol. The van der Waals surface area contributed by atoms with Gasteiger partial charge in [-0.3, -0.25) is 14.5 Å². The summed E-state index contributed by atoms with van der Waals surface area (Å²) >= 11 is 1.13. The first kappa shape index (κ1) is 23.4. The van der Waals surface area contributed by atoms with E-state index < -0.39 is 35.1 Å². The third-order valence-electron chi connectivity index (χ3n) is 5.87. The molecule has 0 radical (unpaired) electrons. The number of hydrogen-bond donors (Lipinski definition) is 2. The maximum Gasteiger partial charge on any atom is 0.294 e. The number of carbonyl (C=O) groups is 2. The van der Waals surface area contributed by atoms with E-state index in [0.29, 0.717) is 16.3 Å². The van der Waals surface area contributed by atoms with E-state index in [1.54, 1.807) is 6.92 Å². The third kappa shape index (κ3) is 3.93. The summed E-state index contributed by atoms with van der Waals surface area (Å²) in [6.07, 6.45) is 0. The fourth-order valence-corrected chi connectivity index (χ4v) is 5.17. The lowest BCUT2D eigenvalue weighted by molar-refractivity contribution is -0.117. The van der Waals surface area contributed by atoms with Gasteiger partial charge in [-0.25, -0.2) is 13.8 Å². The number of ketones is 1. The van der Waals surface area contributed by atoms with Crippen molar-refractivity contribution in [3.8, 4) is 16.3 Å². The smallest absolute Gasteiger partial charge is 0.294 e. The number of aromatic nitrogens is 1. The lowest BCUT2D eigenvalue weighted by atomic mass is 9.94. The van der Waals surface area contributed by atoms with E-state index >= 15 is 0 Å². The Morgan fingerprint density at radius 3 is 2.33 bits per heavy atom. The van der Waals surface area contributed by atoms with Crippen molar-refractivity contribution in [2.75, 3.05) is 4.90 Å². The van der Waals surface area contributed by atoms with Crippen LogP contribution in [-0.4, -0.2) is 26.9 Å². The van der Waals surface area contributed by atoms with E-state index in [2.05, 4.69) is 4.98 Å². The molecule has 180 valence electrons. The molecule has 0 saturated carbocycles. The van der Waals surface area contributed by atoms with E-state index in [0.717, 1.165) is 33.9 Å². The molecule has 0 spiro atoms. The number of nitrogens with zero attached hydrogens (tertiary/aromatic N) is 2. The first-order chi connectivity index (χ1) is 17.3. The Morgan fingerprint density at radius 2 is 1.67 bits per heavy atom. The largest absolute Gasteiger partial charge is 0.508 e. The Labute approximate surface area is 208 Å². The number of aliphatic hydroxyl groups is 1. The van der Waals surface area contributed by atoms with Crippen molar-refractivity contribution in [2.24, 2.45) is 0 Å². The highest BCUT2D eigenvalue weighted by Crippen LogP contribution is 2.43. The van der Waals surface area contributed by atoms with Crippen molar-refractivity contribution in [2.45, 2.75) is 13.0 Å². The summed E-state index contributed by atoms with van der Waals surface area (Å²) in [6.45, 7) is 1.66. The van der Waals surface area contributed by atoms with Gasteiger partial charge in [0, 0.05) is 17.3 Å². The number of rotatable bonds is 5. The second-order valence-electron chi connectivity index (χ2n) is 8.16. The van der Waals surface area contributed by atoms with Crippen LogP contribution in [0, 0.1) is 18.6 Å². The molecule has 6 nitrogen and oxygen atoms in total. The van der Waals surface area contributed by atoms with Gasteiger partial charge in [-0.1, -0.05) is 42.5 Å². The quantitative estimate of drug-likeness (QED) is 0.331. The zero-order valence-electron chi connectivity index (χ0n) is 18.8. The maximum absolute atomic E-state index is 14.1. The number of aryl methyl sites for hydroxylation is 1. The molecule has 3 aromatic carbocycles. The lowest BCUT2D eigenvalue weighted by Gasteiger charge is -2.27. The molecule has 2 N–H and O–H groups in total. The molecule has 36 heavy (non-hydrogen) atoms. The van der Waals surface area contributed by atoms with Gasteiger partial charge >= 0.3 is 0 Å². The van der Waals surface area contributed by atoms with Crippen LogP contribution in [0.1, 0.15) is 27.0 Å². The molecule has 1 amide bonds. The van der Waals surface area contributed by atoms with Gasteiger partial charge < -0.3 is 10.2 Å². The second-order valence-corrected chi connectivity index (χ2v) is 9.16. The van der Waals surface area contributed by atoms with Gasteiger partial charge in [0.15, 0.2) is 17.4 Å². The van der Waals surface area contributed by atoms with E-state index in [1.165, 1.54) is 30.3 Å². The highest BCUT2D eigenvalue weighted by molar-refractivity contribution is 7.17. The number of phenolic OH excluding ortho intramolecular Hbond substituents is 1. The molecule has 1 aliphatic rings. The summed E-state index contributed by atoms with van der Waals surface area (Å²) in [5, 5.41) is 21.2. The Bertz CT molecular complexity index is 1530. The van der Waals surface area contributed by atoms with Gasteiger partial charge in [0.1, 0.15) is 10.8 Å². The second kappa shape index (κ2) is 9.01. The van der Waals surface area contributed by atoms with Gasteiger partial charge in [-0.15, -0.1) is 11.3 Å². The first-order valence-electron chi connectivity index (χ1n) is 10.8. The average Bonchev–Trinajstić information content (AvgIpc) is 3.39. The van der Waals surface area contributed by atoms with Crippen LogP contribution in [0.4, 0.5) is 14.5 Å². The van der Waals surface area contributed by atoms with Crippen LogP contribution in [0.2, 0.25) is 0 Å². The number of halogens is 2. The molecule has 0 fully saturated rings. The van der Waals surface area contributed by atoms with Crippen LogP contribution in [0.5, 0.6) is 5.75 Å². The molecule has 1 aliphatic heterocycles. The molecule has 4 aromatic rings. The van der Waals surface area contributed by atoms with Crippen LogP contribution in [0.15, 0.2) is 84.1 Å². The van der Waals surface area contributed by atoms with Crippen molar-refractivity contribution in [3.63, 3.8) is 0 Å². The Kier molecular flexibility index (Phi) is 5.85. The van der Waals surface area contributed by atoms with Crippen LogP contribution >= 0.6 is 11.3 Å². The monoisotopic (exact) mass is 504 g/mol. The molecular formula is C27H18F2N2O4S. The van der Waals surface area contributed by atoms with Crippen LogP contribution in [-0.2, 0) is 4.79 Å². The number of thiazole rings is 1. The first-order valence-corrected chi connectivity index (χ1v) is 11.7. The normalized spacial score (nSPS) is 15.6. The highest BCUT2D eigenvalue weighted by Gasteiger charge is 2.45. The summed E-state index contributed by atoms with van der Waals surface area (Å²) in [5.41, 5.74) is 1.35. The Balaban J connectivity index is 1.64. The number of Topliss-reactive ketones (excluding diaryl/α,β-unsaturated/α-hetero) is 1. The number of benzene rings is 3. The lowest BCUT2D eigenvalue weighted by Crippen LogP contribution is -2.31. The minimum atomic E-state index is -1.19. The molecule has 0 bridgehead atoms. The Morgan fingerprint density at radius 1 is 0.972 bits per heavy atom. The number of amides is 1. The highest BCUT2D eigenvalue weighted by atomic mass is 32.1. The van der Waals surface area contributed by atoms with Crippen molar-refractivity contribution in [3.05, 3.63) is 112 Å². The number of anilines is 1. The zero-order valence-corrected chi connectivity index (χ0v) is 19.6. The molecule has 0 aliphatic carbocycles. The van der Waals surface area contributed by atoms with Gasteiger partial charge in [-0.2, -0.15) is 0 Å². The number of carbonyl (C=O) groups excluding carboxylic acids is 2. The molecule has 0 saturated heterocycles. The van der Waals surface area contributed by atoms with Crippen LogP contribution < -0.4 is 4.90 Å². The minimum absolute atomic E-state index is 0.0441. The van der Waals surface area contributed by atoms with Crippen molar-refractivity contribution < 1.29 is 28.6 Å². The zero-order chi connectivity index (χ0) is 25.6. The average molecular weight is 505 g/mol. The topological polar surface area (TPSA) is 90.7 Å². The fraction of sp³-hybridized carbons (Fsp3) is 0.0741. The molecular weight excluding hydrogens is 486 g/mol. The van der Waals surface area contributed by atoms with E-state index in [9.17, 15) is 28.6 Å². The van der Waals surface area contributed by atoms with Crippen molar-refractivity contribution >= 4 is 28.7 Å². The fourth-order valence-electron chi connectivity index (χ4n) is 4.14. The van der Waals surface area contributed by atoms with Crippen molar-refractivity contribution in [1.29, 1.82) is 0 Å². The number of phenols is 1. The van der Waals surface area contributed by atoms with Gasteiger partial charge in [-0.05, 0) is 36.8 Å². The summed E-state index contributed by atoms with van der Waals surface area (Å²) < 4.78 is 27.7. The summed E-state index contributed by atoms with van der Waals surface area (Å²) in [6, 6.07) is 16.7. The molecule has 5 rings (SSSR count). The molecule has 2 heterocycles. The van der Waals surface area contributed by atoms with E-state index in [4.69, 9.17) is 0 Å². The SMILES string of the molecule is Cc1nc(-c2ccccc2)sc1C(=O)C1=C(O)C(=O)N(c2ccc(F)c(F)c2)C1c1ccc(O)cc1. The Hall–Kier alpha value is -4.37.